The molecule has 0 aliphatic rings. The van der Waals surface area contributed by atoms with Crippen molar-refractivity contribution in [2.75, 3.05) is 47.1 Å². The molecule has 186 valence electrons. The molecule has 0 fully saturated rings. The average molecular weight is 480 g/mol. The molecule has 0 saturated heterocycles. The van der Waals surface area contributed by atoms with Gasteiger partial charge in [0.05, 0.1) is 19.8 Å². The van der Waals surface area contributed by atoms with E-state index in [2.05, 4.69) is 15.5 Å². The molecule has 0 saturated carbocycles. The van der Waals surface area contributed by atoms with E-state index in [0.717, 1.165) is 4.80 Å². The number of nitrogens with two attached hydrogens (primary N) is 1. The normalized spacial score (nSPS) is 11.6. The standard InChI is InChI=1S/C20H28N6O8/c1-11(34-20(29)30)16-17(18(27)12-8-14(31-4)15(32-5)9-13(12)21)24-26(23-16)10-33-19(28)22-6-7-25(2)3/h8-9,11H,6-7,10,21H2,1-5H3,(H,22,28)(H,29,30). The number of methoxy groups -OCH3 is 2. The van der Waals surface area contributed by atoms with Gasteiger partial charge in [-0.1, -0.05) is 0 Å². The van der Waals surface area contributed by atoms with Gasteiger partial charge in [-0.3, -0.25) is 4.79 Å². The number of nitrogens with one attached hydrogen (secondary N) is 1. The fourth-order valence-corrected chi connectivity index (χ4v) is 2.83. The number of ketones is 1. The lowest BCUT2D eigenvalue weighted by atomic mass is 10.0. The summed E-state index contributed by atoms with van der Waals surface area (Å²) in [6, 6.07) is 2.78. The van der Waals surface area contributed by atoms with Crippen molar-refractivity contribution in [3.63, 3.8) is 0 Å². The summed E-state index contributed by atoms with van der Waals surface area (Å²) in [6.07, 6.45) is -3.43. The Hall–Kier alpha value is -4.07. The fraction of sp³-hybridized carbons (Fsp3) is 0.450. The fourth-order valence-electron chi connectivity index (χ4n) is 2.83. The van der Waals surface area contributed by atoms with E-state index in [-0.39, 0.29) is 28.4 Å². The highest BCUT2D eigenvalue weighted by Gasteiger charge is 2.28. The van der Waals surface area contributed by atoms with Crippen molar-refractivity contribution in [2.24, 2.45) is 0 Å². The van der Waals surface area contributed by atoms with Gasteiger partial charge in [0, 0.05) is 24.8 Å². The predicted molar refractivity (Wildman–Crippen MR) is 118 cm³/mol. The second kappa shape index (κ2) is 11.7. The number of likely N-dealkylation sites (N-methyl/N-ethyl adjacent to an activating group) is 1. The minimum Gasteiger partial charge on any atom is -0.493 e. The van der Waals surface area contributed by atoms with Crippen LogP contribution in [0.4, 0.5) is 15.3 Å². The number of carboxylic acid groups (broad SMARTS) is 1. The van der Waals surface area contributed by atoms with Crippen molar-refractivity contribution in [1.82, 2.24) is 25.2 Å². The van der Waals surface area contributed by atoms with Crippen LogP contribution in [0.5, 0.6) is 11.5 Å². The molecule has 0 aliphatic heterocycles. The quantitative estimate of drug-likeness (QED) is 0.237. The van der Waals surface area contributed by atoms with E-state index in [1.807, 2.05) is 19.0 Å². The number of alkyl carbamates (subject to hydrolysis) is 1. The van der Waals surface area contributed by atoms with Crippen molar-refractivity contribution >= 4 is 23.7 Å². The summed E-state index contributed by atoms with van der Waals surface area (Å²) in [7, 11) is 6.52. The molecule has 2 aromatic rings. The largest absolute Gasteiger partial charge is 0.506 e. The number of anilines is 1. The van der Waals surface area contributed by atoms with Crippen LogP contribution in [0.2, 0.25) is 0 Å². The van der Waals surface area contributed by atoms with Crippen molar-refractivity contribution in [3.05, 3.63) is 29.1 Å². The zero-order chi connectivity index (χ0) is 25.4. The van der Waals surface area contributed by atoms with Crippen molar-refractivity contribution in [3.8, 4) is 11.5 Å². The molecular formula is C20H28N6O8. The highest BCUT2D eigenvalue weighted by Crippen LogP contribution is 2.33. The van der Waals surface area contributed by atoms with Crippen LogP contribution in [0.15, 0.2) is 12.1 Å². The SMILES string of the molecule is COc1cc(N)c(C(=O)c2nn(COC(=O)NCCN(C)C)nc2C(C)OC(=O)O)cc1OC. The topological polar surface area (TPSA) is 180 Å². The van der Waals surface area contributed by atoms with Gasteiger partial charge in [-0.2, -0.15) is 5.10 Å². The Bertz CT molecular complexity index is 1040. The number of carbonyl (C=O) groups is 3. The molecule has 2 rings (SSSR count). The third-order valence-corrected chi connectivity index (χ3v) is 4.50. The van der Waals surface area contributed by atoms with E-state index in [9.17, 15) is 14.4 Å². The van der Waals surface area contributed by atoms with Crippen LogP contribution in [0, 0.1) is 0 Å². The Morgan fingerprint density at radius 1 is 1.18 bits per heavy atom. The van der Waals surface area contributed by atoms with E-state index in [4.69, 9.17) is 29.8 Å². The maximum atomic E-state index is 13.3. The van der Waals surface area contributed by atoms with Gasteiger partial charge < -0.3 is 40.0 Å². The van der Waals surface area contributed by atoms with Gasteiger partial charge in [-0.15, -0.1) is 9.90 Å². The smallest absolute Gasteiger partial charge is 0.493 e. The van der Waals surface area contributed by atoms with E-state index < -0.39 is 30.9 Å². The molecule has 1 heterocycles. The number of nitrogens with zero attached hydrogens (tertiary/aromatic N) is 4. The van der Waals surface area contributed by atoms with E-state index >= 15 is 0 Å². The van der Waals surface area contributed by atoms with Crippen LogP contribution in [-0.2, 0) is 16.2 Å². The maximum Gasteiger partial charge on any atom is 0.506 e. The van der Waals surface area contributed by atoms with Gasteiger partial charge in [0.1, 0.15) is 11.8 Å². The first-order valence-corrected chi connectivity index (χ1v) is 10.0. The lowest BCUT2D eigenvalue weighted by Crippen LogP contribution is -2.32. The molecule has 0 spiro atoms. The minimum absolute atomic E-state index is 0.0239. The Morgan fingerprint density at radius 2 is 1.82 bits per heavy atom. The number of rotatable bonds is 11. The Balaban J connectivity index is 2.33. The number of ether oxygens (including phenoxy) is 4. The molecule has 0 radical (unpaired) electrons. The van der Waals surface area contributed by atoms with E-state index in [0.29, 0.717) is 18.8 Å². The summed E-state index contributed by atoms with van der Waals surface area (Å²) < 4.78 is 20.2. The average Bonchev–Trinajstić information content (AvgIpc) is 3.21. The van der Waals surface area contributed by atoms with Crippen LogP contribution < -0.4 is 20.5 Å². The minimum atomic E-state index is -1.57. The molecular weight excluding hydrogens is 452 g/mol. The van der Waals surface area contributed by atoms with Crippen LogP contribution in [-0.4, -0.2) is 84.4 Å². The van der Waals surface area contributed by atoms with Gasteiger partial charge in [-0.05, 0) is 27.1 Å². The first-order chi connectivity index (χ1) is 16.1. The Labute approximate surface area is 195 Å². The molecule has 0 aliphatic carbocycles. The monoisotopic (exact) mass is 480 g/mol. The van der Waals surface area contributed by atoms with Crippen LogP contribution in [0.25, 0.3) is 0 Å². The van der Waals surface area contributed by atoms with Crippen LogP contribution in [0.3, 0.4) is 0 Å². The van der Waals surface area contributed by atoms with Gasteiger partial charge in [0.2, 0.25) is 12.5 Å². The molecule has 1 atom stereocenters. The molecule has 1 amide bonds. The molecule has 4 N–H and O–H groups in total. The molecule has 1 unspecified atom stereocenters. The summed E-state index contributed by atoms with van der Waals surface area (Å²) in [5, 5.41) is 19.7. The van der Waals surface area contributed by atoms with E-state index in [1.165, 1.54) is 33.3 Å². The second-order valence-electron chi connectivity index (χ2n) is 7.25. The highest BCUT2D eigenvalue weighted by molar-refractivity contribution is 6.12. The van der Waals surface area contributed by atoms with Gasteiger partial charge in [-0.25, -0.2) is 9.59 Å². The maximum absolute atomic E-state index is 13.3. The van der Waals surface area contributed by atoms with Gasteiger partial charge >= 0.3 is 12.2 Å². The summed E-state index contributed by atoms with van der Waals surface area (Å²) in [4.78, 5) is 39.0. The van der Waals surface area contributed by atoms with E-state index in [1.54, 1.807) is 0 Å². The number of benzene rings is 1. The molecule has 1 aromatic heterocycles. The number of aromatic nitrogens is 3. The molecule has 14 heteroatoms. The summed E-state index contributed by atoms with van der Waals surface area (Å²) in [5.74, 6) is -0.103. The first kappa shape index (κ1) is 26.2. The zero-order valence-corrected chi connectivity index (χ0v) is 19.5. The number of nitrogen functional groups attached to an aromatic ring is 1. The van der Waals surface area contributed by atoms with Gasteiger partial charge in [0.25, 0.3) is 0 Å². The number of amides is 1. The molecule has 34 heavy (non-hydrogen) atoms. The molecule has 0 bridgehead atoms. The number of hydrogen-bond donors (Lipinski definition) is 3. The highest BCUT2D eigenvalue weighted by atomic mass is 16.7. The number of hydrogen-bond acceptors (Lipinski definition) is 11. The first-order valence-electron chi connectivity index (χ1n) is 10.0. The molecule has 14 nitrogen and oxygen atoms in total. The van der Waals surface area contributed by atoms with Crippen molar-refractivity contribution in [2.45, 2.75) is 19.8 Å². The van der Waals surface area contributed by atoms with Gasteiger partial charge in [0.15, 0.2) is 17.2 Å². The summed E-state index contributed by atoms with van der Waals surface area (Å²) in [6.45, 7) is 1.91. The van der Waals surface area contributed by atoms with Crippen LogP contribution in [0.1, 0.15) is 34.8 Å². The summed E-state index contributed by atoms with van der Waals surface area (Å²) >= 11 is 0. The Morgan fingerprint density at radius 3 is 2.41 bits per heavy atom. The van der Waals surface area contributed by atoms with Crippen LogP contribution >= 0.6 is 0 Å². The third kappa shape index (κ3) is 6.71. The van der Waals surface area contributed by atoms with Crippen molar-refractivity contribution in [1.29, 1.82) is 0 Å². The Kier molecular flexibility index (Phi) is 9.01. The second-order valence-corrected chi connectivity index (χ2v) is 7.25. The number of carbonyl (C=O) groups excluding carboxylic acids is 2. The predicted octanol–water partition coefficient (Wildman–Crippen LogP) is 1.11. The third-order valence-electron chi connectivity index (χ3n) is 4.50. The summed E-state index contributed by atoms with van der Waals surface area (Å²) in [5.41, 5.74) is 5.80. The lowest BCUT2D eigenvalue weighted by Gasteiger charge is -2.12. The zero-order valence-electron chi connectivity index (χ0n) is 19.5. The van der Waals surface area contributed by atoms with Crippen molar-refractivity contribution < 1.29 is 38.4 Å². The molecule has 1 aromatic carbocycles. The lowest BCUT2D eigenvalue weighted by molar-refractivity contribution is 0.0556.